The largest absolute Gasteiger partial charge is 0.355 e. The van der Waals surface area contributed by atoms with Crippen molar-refractivity contribution in [1.82, 2.24) is 10.6 Å². The fourth-order valence-corrected chi connectivity index (χ4v) is 2.67. The highest BCUT2D eigenvalue weighted by molar-refractivity contribution is 5.87. The summed E-state index contributed by atoms with van der Waals surface area (Å²) in [5.41, 5.74) is 2.37. The zero-order chi connectivity index (χ0) is 13.8. The van der Waals surface area contributed by atoms with Crippen LogP contribution in [-0.4, -0.2) is 38.1 Å². The number of carbonyl (C=O) groups excluding carboxylic acids is 1. The van der Waals surface area contributed by atoms with Gasteiger partial charge in [-0.2, -0.15) is 0 Å². The van der Waals surface area contributed by atoms with Crippen molar-refractivity contribution in [3.05, 3.63) is 29.8 Å². The molecule has 104 valence electrons. The molecular formula is C15H23N3O. The first-order valence-corrected chi connectivity index (χ1v) is 6.91. The van der Waals surface area contributed by atoms with E-state index < -0.39 is 0 Å². The van der Waals surface area contributed by atoms with Crippen LogP contribution in [0.4, 0.5) is 5.69 Å². The Kier molecular flexibility index (Phi) is 4.43. The van der Waals surface area contributed by atoms with E-state index in [9.17, 15) is 4.79 Å². The number of hydrogen-bond donors (Lipinski definition) is 2. The molecule has 4 nitrogen and oxygen atoms in total. The molecule has 1 heterocycles. The van der Waals surface area contributed by atoms with Gasteiger partial charge in [0.15, 0.2) is 0 Å². The second-order valence-electron chi connectivity index (χ2n) is 5.25. The van der Waals surface area contributed by atoms with E-state index in [2.05, 4.69) is 53.6 Å². The molecule has 0 aromatic heterocycles. The van der Waals surface area contributed by atoms with Gasteiger partial charge in [0.2, 0.25) is 5.91 Å². The molecule has 0 saturated carbocycles. The third-order valence-corrected chi connectivity index (χ3v) is 3.65. The van der Waals surface area contributed by atoms with E-state index in [-0.39, 0.29) is 11.9 Å². The van der Waals surface area contributed by atoms with Gasteiger partial charge in [-0.25, -0.2) is 0 Å². The Balaban J connectivity index is 2.28. The SMILES string of the molecule is CNCCC1C(=O)NCC(C)N1c1cccc(C)c1. The summed E-state index contributed by atoms with van der Waals surface area (Å²) in [6, 6.07) is 8.62. The maximum Gasteiger partial charge on any atom is 0.242 e. The summed E-state index contributed by atoms with van der Waals surface area (Å²) >= 11 is 0. The number of rotatable bonds is 4. The van der Waals surface area contributed by atoms with Crippen molar-refractivity contribution in [2.75, 3.05) is 25.0 Å². The first kappa shape index (κ1) is 13.9. The van der Waals surface area contributed by atoms with Crippen LogP contribution in [0.15, 0.2) is 24.3 Å². The predicted molar refractivity (Wildman–Crippen MR) is 78.5 cm³/mol. The number of anilines is 1. The van der Waals surface area contributed by atoms with E-state index in [1.165, 1.54) is 5.56 Å². The molecule has 0 radical (unpaired) electrons. The fourth-order valence-electron chi connectivity index (χ4n) is 2.67. The number of nitrogens with one attached hydrogen (secondary N) is 2. The standard InChI is InChI=1S/C15H23N3O/c1-11-5-4-6-13(9-11)18-12(2)10-17-15(19)14(18)7-8-16-3/h4-6,9,12,14,16H,7-8,10H2,1-3H3,(H,17,19). The lowest BCUT2D eigenvalue weighted by Crippen LogP contribution is -2.60. The van der Waals surface area contributed by atoms with E-state index in [0.717, 1.165) is 18.7 Å². The summed E-state index contributed by atoms with van der Waals surface area (Å²) in [7, 11) is 1.92. The third kappa shape index (κ3) is 3.07. The van der Waals surface area contributed by atoms with Crippen molar-refractivity contribution >= 4 is 11.6 Å². The molecule has 1 saturated heterocycles. The molecule has 4 heteroatoms. The Bertz CT molecular complexity index is 447. The van der Waals surface area contributed by atoms with E-state index >= 15 is 0 Å². The number of nitrogens with zero attached hydrogens (tertiary/aromatic N) is 1. The molecule has 0 bridgehead atoms. The Hall–Kier alpha value is -1.55. The van der Waals surface area contributed by atoms with Crippen LogP contribution in [-0.2, 0) is 4.79 Å². The summed E-state index contributed by atoms with van der Waals surface area (Å²) in [4.78, 5) is 14.4. The smallest absolute Gasteiger partial charge is 0.242 e. The quantitative estimate of drug-likeness (QED) is 0.858. The van der Waals surface area contributed by atoms with Gasteiger partial charge >= 0.3 is 0 Å². The second kappa shape index (κ2) is 6.06. The minimum atomic E-state index is -0.0852. The summed E-state index contributed by atoms with van der Waals surface area (Å²) < 4.78 is 0. The van der Waals surface area contributed by atoms with Gasteiger partial charge < -0.3 is 15.5 Å². The lowest BCUT2D eigenvalue weighted by atomic mass is 10.0. The van der Waals surface area contributed by atoms with E-state index in [1.54, 1.807) is 0 Å². The first-order chi connectivity index (χ1) is 9.13. The van der Waals surface area contributed by atoms with Crippen LogP contribution >= 0.6 is 0 Å². The summed E-state index contributed by atoms with van der Waals surface area (Å²) in [5.74, 6) is 0.134. The van der Waals surface area contributed by atoms with Crippen molar-refractivity contribution < 1.29 is 4.79 Å². The lowest BCUT2D eigenvalue weighted by Gasteiger charge is -2.42. The molecule has 0 aliphatic carbocycles. The van der Waals surface area contributed by atoms with E-state index in [1.807, 2.05) is 7.05 Å². The highest BCUT2D eigenvalue weighted by atomic mass is 16.2. The molecule has 2 N–H and O–H groups in total. The van der Waals surface area contributed by atoms with Crippen molar-refractivity contribution in [3.63, 3.8) is 0 Å². The van der Waals surface area contributed by atoms with E-state index in [0.29, 0.717) is 12.6 Å². The number of hydrogen-bond acceptors (Lipinski definition) is 3. The maximum absolute atomic E-state index is 12.1. The first-order valence-electron chi connectivity index (χ1n) is 6.91. The van der Waals surface area contributed by atoms with Crippen LogP contribution in [0.25, 0.3) is 0 Å². The van der Waals surface area contributed by atoms with Gasteiger partial charge in [0.1, 0.15) is 6.04 Å². The molecule has 1 fully saturated rings. The Labute approximate surface area is 115 Å². The van der Waals surface area contributed by atoms with Gasteiger partial charge in [-0.15, -0.1) is 0 Å². The molecule has 1 aliphatic heterocycles. The lowest BCUT2D eigenvalue weighted by molar-refractivity contribution is -0.123. The number of amides is 1. The molecule has 2 atom stereocenters. The maximum atomic E-state index is 12.1. The van der Waals surface area contributed by atoms with Crippen molar-refractivity contribution in [2.24, 2.45) is 0 Å². The van der Waals surface area contributed by atoms with Crippen molar-refractivity contribution in [1.29, 1.82) is 0 Å². The molecule has 1 aliphatic rings. The Morgan fingerprint density at radius 1 is 1.47 bits per heavy atom. The highest BCUT2D eigenvalue weighted by Crippen LogP contribution is 2.24. The average molecular weight is 261 g/mol. The average Bonchev–Trinajstić information content (AvgIpc) is 2.39. The topological polar surface area (TPSA) is 44.4 Å². The monoisotopic (exact) mass is 261 g/mol. The molecule has 2 rings (SSSR count). The summed E-state index contributed by atoms with van der Waals surface area (Å²) in [5, 5.41) is 6.12. The van der Waals surface area contributed by atoms with Crippen LogP contribution in [0.1, 0.15) is 18.9 Å². The zero-order valence-electron chi connectivity index (χ0n) is 11.9. The normalized spacial score (nSPS) is 23.3. The molecule has 2 unspecified atom stereocenters. The van der Waals surface area contributed by atoms with Crippen LogP contribution < -0.4 is 15.5 Å². The van der Waals surface area contributed by atoms with Crippen LogP contribution in [0.3, 0.4) is 0 Å². The fraction of sp³-hybridized carbons (Fsp3) is 0.533. The zero-order valence-corrected chi connectivity index (χ0v) is 11.9. The minimum absolute atomic E-state index is 0.0852. The number of benzene rings is 1. The number of aryl methyl sites for hydroxylation is 1. The van der Waals surface area contributed by atoms with Crippen molar-refractivity contribution in [2.45, 2.75) is 32.4 Å². The van der Waals surface area contributed by atoms with Gasteiger partial charge in [0.05, 0.1) is 0 Å². The molecular weight excluding hydrogens is 238 g/mol. The van der Waals surface area contributed by atoms with Gasteiger partial charge in [0, 0.05) is 18.3 Å². The van der Waals surface area contributed by atoms with E-state index in [4.69, 9.17) is 0 Å². The predicted octanol–water partition coefficient (Wildman–Crippen LogP) is 1.30. The third-order valence-electron chi connectivity index (χ3n) is 3.65. The highest BCUT2D eigenvalue weighted by Gasteiger charge is 2.33. The van der Waals surface area contributed by atoms with Gasteiger partial charge in [-0.3, -0.25) is 4.79 Å². The van der Waals surface area contributed by atoms with Gasteiger partial charge in [-0.05, 0) is 51.6 Å². The van der Waals surface area contributed by atoms with Crippen molar-refractivity contribution in [3.8, 4) is 0 Å². The molecule has 1 aromatic rings. The van der Waals surface area contributed by atoms with Crippen LogP contribution in [0.5, 0.6) is 0 Å². The number of carbonyl (C=O) groups is 1. The van der Waals surface area contributed by atoms with Gasteiger partial charge in [-0.1, -0.05) is 12.1 Å². The van der Waals surface area contributed by atoms with Crippen LogP contribution in [0, 0.1) is 6.92 Å². The van der Waals surface area contributed by atoms with Crippen LogP contribution in [0.2, 0.25) is 0 Å². The Morgan fingerprint density at radius 3 is 2.95 bits per heavy atom. The number of piperazine rings is 1. The molecule has 0 spiro atoms. The summed E-state index contributed by atoms with van der Waals surface area (Å²) in [6.07, 6.45) is 0.820. The van der Waals surface area contributed by atoms with Gasteiger partial charge in [0.25, 0.3) is 0 Å². The molecule has 19 heavy (non-hydrogen) atoms. The summed E-state index contributed by atoms with van der Waals surface area (Å²) in [6.45, 7) is 5.80. The Morgan fingerprint density at radius 2 is 2.26 bits per heavy atom. The second-order valence-corrected chi connectivity index (χ2v) is 5.25. The minimum Gasteiger partial charge on any atom is -0.355 e. The molecule has 1 amide bonds. The molecule has 1 aromatic carbocycles.